The fourth-order valence-corrected chi connectivity index (χ4v) is 4.30. The van der Waals surface area contributed by atoms with E-state index >= 15 is 0 Å². The molecule has 2 saturated heterocycles. The number of hydrazine groups is 1. The van der Waals surface area contributed by atoms with Gasteiger partial charge in [-0.15, -0.1) is 0 Å². The third kappa shape index (κ3) is 3.51. The van der Waals surface area contributed by atoms with Gasteiger partial charge in [0.15, 0.2) is 0 Å². The summed E-state index contributed by atoms with van der Waals surface area (Å²) in [5.41, 5.74) is 7.20. The summed E-state index contributed by atoms with van der Waals surface area (Å²) < 4.78 is 4.27. The Hall–Kier alpha value is -2.03. The van der Waals surface area contributed by atoms with E-state index in [-0.39, 0.29) is 18.0 Å². The third-order valence-corrected chi connectivity index (χ3v) is 5.74. The van der Waals surface area contributed by atoms with Gasteiger partial charge >= 0.3 is 0 Å². The van der Waals surface area contributed by atoms with Crippen molar-refractivity contribution in [2.24, 2.45) is 0 Å². The molecule has 8 heteroatoms. The van der Waals surface area contributed by atoms with Gasteiger partial charge in [0.25, 0.3) is 0 Å². The van der Waals surface area contributed by atoms with Gasteiger partial charge in [0.05, 0.1) is 6.04 Å². The van der Waals surface area contributed by atoms with Crippen LogP contribution in [0.2, 0.25) is 0 Å². The summed E-state index contributed by atoms with van der Waals surface area (Å²) in [7, 11) is 0. The number of carbonyl (C=O) groups excluding carboxylic acids is 1. The van der Waals surface area contributed by atoms with Crippen LogP contribution in [-0.4, -0.2) is 52.4 Å². The molecule has 132 valence electrons. The van der Waals surface area contributed by atoms with Crippen LogP contribution in [0.1, 0.15) is 23.9 Å². The van der Waals surface area contributed by atoms with Crippen molar-refractivity contribution in [1.82, 2.24) is 25.1 Å². The van der Waals surface area contributed by atoms with E-state index in [2.05, 4.69) is 42.1 Å². The number of rotatable bonds is 3. The Bertz CT molecular complexity index is 728. The Labute approximate surface area is 151 Å². The van der Waals surface area contributed by atoms with E-state index < -0.39 is 0 Å². The molecule has 2 atom stereocenters. The number of aryl methyl sites for hydroxylation is 1. The third-order valence-electron chi connectivity index (χ3n) is 4.88. The van der Waals surface area contributed by atoms with Crippen LogP contribution in [0.25, 0.3) is 0 Å². The maximum atomic E-state index is 12.0. The molecule has 3 heterocycles. The standard InChI is InChI=1S/C17H22N6OS/c1-12-18-17(25-21-12)23-9-7-22(8-10-23)14-11-15(24)19-20-16(14)13-5-3-2-4-6-13/h2-6,14,16,20H,7-11H2,1H3,(H,19,24). The Kier molecular flexibility index (Phi) is 4.65. The first-order valence-electron chi connectivity index (χ1n) is 8.59. The lowest BCUT2D eigenvalue weighted by atomic mass is 9.93. The molecule has 1 aromatic heterocycles. The van der Waals surface area contributed by atoms with Gasteiger partial charge in [0.1, 0.15) is 5.82 Å². The van der Waals surface area contributed by atoms with E-state index in [1.54, 1.807) is 0 Å². The van der Waals surface area contributed by atoms with Crippen LogP contribution in [0.5, 0.6) is 0 Å². The van der Waals surface area contributed by atoms with Gasteiger partial charge in [-0.05, 0) is 12.5 Å². The highest BCUT2D eigenvalue weighted by Gasteiger charge is 2.36. The number of nitrogens with one attached hydrogen (secondary N) is 2. The molecule has 2 aromatic rings. The summed E-state index contributed by atoms with van der Waals surface area (Å²) in [6.45, 7) is 5.58. The summed E-state index contributed by atoms with van der Waals surface area (Å²) in [6.07, 6.45) is 0.518. The molecule has 25 heavy (non-hydrogen) atoms. The minimum Gasteiger partial charge on any atom is -0.344 e. The number of nitrogens with zero attached hydrogens (tertiary/aromatic N) is 4. The lowest BCUT2D eigenvalue weighted by Gasteiger charge is -2.44. The highest BCUT2D eigenvalue weighted by atomic mass is 32.1. The number of hydrogen-bond donors (Lipinski definition) is 2. The summed E-state index contributed by atoms with van der Waals surface area (Å²) in [6, 6.07) is 10.6. The molecular formula is C17H22N6OS. The molecule has 2 N–H and O–H groups in total. The molecule has 0 saturated carbocycles. The highest BCUT2D eigenvalue weighted by Crippen LogP contribution is 2.27. The van der Waals surface area contributed by atoms with E-state index in [1.165, 1.54) is 17.1 Å². The fraction of sp³-hybridized carbons (Fsp3) is 0.471. The summed E-state index contributed by atoms with van der Waals surface area (Å²) in [5.74, 6) is 0.888. The Balaban J connectivity index is 1.46. The maximum absolute atomic E-state index is 12.0. The first kappa shape index (κ1) is 16.4. The summed E-state index contributed by atoms with van der Waals surface area (Å²) >= 11 is 1.46. The molecule has 0 spiro atoms. The van der Waals surface area contributed by atoms with Crippen LogP contribution < -0.4 is 15.8 Å². The van der Waals surface area contributed by atoms with E-state index in [0.29, 0.717) is 6.42 Å². The topological polar surface area (TPSA) is 73.4 Å². The van der Waals surface area contributed by atoms with Crippen LogP contribution in [-0.2, 0) is 4.79 Å². The molecule has 2 aliphatic heterocycles. The van der Waals surface area contributed by atoms with E-state index in [4.69, 9.17) is 0 Å². The molecule has 7 nitrogen and oxygen atoms in total. The zero-order valence-electron chi connectivity index (χ0n) is 14.2. The zero-order chi connectivity index (χ0) is 17.2. The molecule has 2 fully saturated rings. The van der Waals surface area contributed by atoms with Crippen molar-refractivity contribution >= 4 is 22.6 Å². The average molecular weight is 358 g/mol. The van der Waals surface area contributed by atoms with E-state index in [1.807, 2.05) is 25.1 Å². The normalized spacial score (nSPS) is 25.0. The van der Waals surface area contributed by atoms with Gasteiger partial charge in [-0.2, -0.15) is 4.37 Å². The van der Waals surface area contributed by atoms with Crippen molar-refractivity contribution in [3.05, 3.63) is 41.7 Å². The molecule has 4 rings (SSSR count). The largest absolute Gasteiger partial charge is 0.344 e. The second-order valence-corrected chi connectivity index (χ2v) is 7.23. The summed E-state index contributed by atoms with van der Waals surface area (Å²) in [4.78, 5) is 21.2. The smallest absolute Gasteiger partial charge is 0.235 e. The quantitative estimate of drug-likeness (QED) is 0.856. The van der Waals surface area contributed by atoms with Crippen molar-refractivity contribution in [3.63, 3.8) is 0 Å². The highest BCUT2D eigenvalue weighted by molar-refractivity contribution is 7.09. The van der Waals surface area contributed by atoms with Gasteiger partial charge < -0.3 is 4.90 Å². The van der Waals surface area contributed by atoms with Crippen molar-refractivity contribution in [1.29, 1.82) is 0 Å². The van der Waals surface area contributed by atoms with Gasteiger partial charge in [0, 0.05) is 50.2 Å². The molecule has 2 unspecified atom stereocenters. The van der Waals surface area contributed by atoms with Crippen LogP contribution in [0.3, 0.4) is 0 Å². The minimum atomic E-state index is 0.0550. The second kappa shape index (κ2) is 7.07. The maximum Gasteiger partial charge on any atom is 0.235 e. The monoisotopic (exact) mass is 358 g/mol. The Morgan fingerprint density at radius 1 is 1.16 bits per heavy atom. The lowest BCUT2D eigenvalue weighted by Crippen LogP contribution is -2.60. The lowest BCUT2D eigenvalue weighted by molar-refractivity contribution is -0.126. The number of benzene rings is 1. The van der Waals surface area contributed by atoms with Crippen LogP contribution in [0.4, 0.5) is 5.13 Å². The van der Waals surface area contributed by atoms with E-state index in [9.17, 15) is 4.79 Å². The molecule has 0 aliphatic carbocycles. The molecule has 0 radical (unpaired) electrons. The predicted octanol–water partition coefficient (Wildman–Crippen LogP) is 1.10. The van der Waals surface area contributed by atoms with Gasteiger partial charge in [-0.3, -0.25) is 15.1 Å². The molecule has 2 aliphatic rings. The Morgan fingerprint density at radius 3 is 2.60 bits per heavy atom. The van der Waals surface area contributed by atoms with Crippen LogP contribution >= 0.6 is 11.5 Å². The van der Waals surface area contributed by atoms with Crippen molar-refractivity contribution in [3.8, 4) is 0 Å². The van der Waals surface area contributed by atoms with Gasteiger partial charge in [0.2, 0.25) is 11.0 Å². The molecule has 0 bridgehead atoms. The first-order chi connectivity index (χ1) is 12.2. The molecule has 1 amide bonds. The number of carbonyl (C=O) groups is 1. The predicted molar refractivity (Wildman–Crippen MR) is 97.3 cm³/mol. The number of amides is 1. The first-order valence-corrected chi connectivity index (χ1v) is 9.36. The van der Waals surface area contributed by atoms with Gasteiger partial charge in [-0.1, -0.05) is 30.3 Å². The van der Waals surface area contributed by atoms with Crippen molar-refractivity contribution in [2.75, 3.05) is 31.1 Å². The van der Waals surface area contributed by atoms with Crippen LogP contribution in [0, 0.1) is 6.92 Å². The number of anilines is 1. The SMILES string of the molecule is Cc1nsc(N2CCN(C3CC(=O)NNC3c3ccccc3)CC2)n1. The fourth-order valence-electron chi connectivity index (χ4n) is 3.58. The van der Waals surface area contributed by atoms with Crippen LogP contribution in [0.15, 0.2) is 30.3 Å². The van der Waals surface area contributed by atoms with E-state index in [0.717, 1.165) is 37.1 Å². The van der Waals surface area contributed by atoms with Gasteiger partial charge in [-0.25, -0.2) is 10.4 Å². The number of piperazine rings is 1. The summed E-state index contributed by atoms with van der Waals surface area (Å²) in [5, 5.41) is 0.997. The zero-order valence-corrected chi connectivity index (χ0v) is 15.0. The second-order valence-electron chi connectivity index (χ2n) is 6.50. The molecule has 1 aromatic carbocycles. The molecular weight excluding hydrogens is 336 g/mol. The number of hydrogen-bond acceptors (Lipinski definition) is 7. The number of aromatic nitrogens is 2. The van der Waals surface area contributed by atoms with Crippen molar-refractivity contribution < 1.29 is 4.79 Å². The van der Waals surface area contributed by atoms with Crippen molar-refractivity contribution in [2.45, 2.75) is 25.4 Å². The Morgan fingerprint density at radius 2 is 1.92 bits per heavy atom. The average Bonchev–Trinajstić information content (AvgIpc) is 3.09. The minimum absolute atomic E-state index is 0.0550.